The van der Waals surface area contributed by atoms with Crippen LogP contribution >= 0.6 is 15.6 Å². The monoisotopic (exact) mass is 1250 g/mol. The molecule has 0 heterocycles. The normalized spacial score (nSPS) is 14.4. The van der Waals surface area contributed by atoms with Gasteiger partial charge in [-0.05, 0) is 49.4 Å². The molecule has 0 saturated carbocycles. The second-order valence-electron chi connectivity index (χ2n) is 25.8. The van der Waals surface area contributed by atoms with Crippen molar-refractivity contribution in [1.82, 2.24) is 0 Å². The lowest BCUT2D eigenvalue weighted by molar-refractivity contribution is -0.161. The summed E-state index contributed by atoms with van der Waals surface area (Å²) in [7, 11) is -9.89. The van der Waals surface area contributed by atoms with E-state index in [-0.39, 0.29) is 25.7 Å². The molecule has 2 unspecified atom stereocenters. The Kier molecular flexibility index (Phi) is 54.8. The van der Waals surface area contributed by atoms with Crippen LogP contribution in [0.25, 0.3) is 0 Å². The lowest BCUT2D eigenvalue weighted by Crippen LogP contribution is -2.30. The third-order valence-corrected chi connectivity index (χ3v) is 17.0. The molecule has 85 heavy (non-hydrogen) atoms. The van der Waals surface area contributed by atoms with Crippen LogP contribution in [0, 0.1) is 23.7 Å². The zero-order valence-corrected chi connectivity index (χ0v) is 57.0. The number of aliphatic hydroxyl groups is 1. The Morgan fingerprint density at radius 2 is 0.494 bits per heavy atom. The molecule has 0 saturated heterocycles. The van der Waals surface area contributed by atoms with Gasteiger partial charge >= 0.3 is 39.5 Å². The van der Waals surface area contributed by atoms with Gasteiger partial charge in [0.15, 0.2) is 12.2 Å². The Hall–Kier alpha value is -1.94. The van der Waals surface area contributed by atoms with E-state index in [9.17, 15) is 43.2 Å². The first-order valence-corrected chi connectivity index (χ1v) is 37.2. The second kappa shape index (κ2) is 56.1. The number of phosphoric acid groups is 2. The van der Waals surface area contributed by atoms with Crippen molar-refractivity contribution in [2.45, 2.75) is 337 Å². The van der Waals surface area contributed by atoms with Crippen LogP contribution in [0.15, 0.2) is 0 Å². The van der Waals surface area contributed by atoms with Crippen LogP contribution < -0.4 is 0 Å². The minimum atomic E-state index is -4.95. The zero-order chi connectivity index (χ0) is 63.2. The van der Waals surface area contributed by atoms with Crippen molar-refractivity contribution < 1.29 is 80.2 Å². The predicted molar refractivity (Wildman–Crippen MR) is 340 cm³/mol. The molecule has 0 spiro atoms. The molecule has 504 valence electrons. The second-order valence-corrected chi connectivity index (χ2v) is 28.7. The molecule has 0 rings (SSSR count). The third-order valence-electron chi connectivity index (χ3n) is 15.1. The number of carbonyl (C=O) groups is 4. The van der Waals surface area contributed by atoms with Crippen LogP contribution in [-0.4, -0.2) is 96.7 Å². The molecule has 0 aromatic heterocycles. The number of ether oxygens (including phenoxy) is 4. The van der Waals surface area contributed by atoms with Crippen molar-refractivity contribution in [3.63, 3.8) is 0 Å². The van der Waals surface area contributed by atoms with E-state index in [1.165, 1.54) is 116 Å². The summed E-state index contributed by atoms with van der Waals surface area (Å²) in [5.41, 5.74) is 0. The number of unbranched alkanes of at least 4 members (excludes halogenated alkanes) is 29. The van der Waals surface area contributed by atoms with Crippen molar-refractivity contribution >= 4 is 39.5 Å². The van der Waals surface area contributed by atoms with Gasteiger partial charge in [0.25, 0.3) is 0 Å². The molecule has 0 radical (unpaired) electrons. The highest BCUT2D eigenvalue weighted by atomic mass is 31.2. The average molecular weight is 1260 g/mol. The molecule has 0 amide bonds. The number of carbonyl (C=O) groups excluding carboxylic acids is 4. The van der Waals surface area contributed by atoms with Crippen LogP contribution in [0.3, 0.4) is 0 Å². The Bertz CT molecular complexity index is 1700. The highest BCUT2D eigenvalue weighted by Gasteiger charge is 2.30. The van der Waals surface area contributed by atoms with Crippen LogP contribution in [-0.2, 0) is 65.4 Å². The fourth-order valence-electron chi connectivity index (χ4n) is 9.78. The molecule has 0 aliphatic carbocycles. The quantitative estimate of drug-likeness (QED) is 0.0222. The van der Waals surface area contributed by atoms with Gasteiger partial charge in [-0.1, -0.05) is 267 Å². The average Bonchev–Trinajstić information content (AvgIpc) is 3.48. The van der Waals surface area contributed by atoms with Gasteiger partial charge < -0.3 is 33.8 Å². The van der Waals surface area contributed by atoms with Gasteiger partial charge in [-0.15, -0.1) is 0 Å². The number of rotatable bonds is 63. The van der Waals surface area contributed by atoms with Gasteiger partial charge in [-0.25, -0.2) is 9.13 Å². The van der Waals surface area contributed by atoms with Gasteiger partial charge in [0, 0.05) is 25.7 Å². The number of esters is 4. The van der Waals surface area contributed by atoms with E-state index in [2.05, 4.69) is 55.4 Å². The van der Waals surface area contributed by atoms with E-state index in [1.807, 2.05) is 0 Å². The minimum Gasteiger partial charge on any atom is -0.462 e. The van der Waals surface area contributed by atoms with Gasteiger partial charge in [0.2, 0.25) is 0 Å². The molecule has 17 nitrogen and oxygen atoms in total. The van der Waals surface area contributed by atoms with Crippen LogP contribution in [0.5, 0.6) is 0 Å². The minimum absolute atomic E-state index is 0.103. The first-order valence-electron chi connectivity index (χ1n) is 34.2. The fourth-order valence-corrected chi connectivity index (χ4v) is 11.4. The van der Waals surface area contributed by atoms with Crippen molar-refractivity contribution in [3.8, 4) is 0 Å². The fraction of sp³-hybridized carbons (Fsp3) is 0.939. The van der Waals surface area contributed by atoms with Gasteiger partial charge in [-0.3, -0.25) is 37.3 Å². The first-order chi connectivity index (χ1) is 40.6. The molecule has 19 heteroatoms. The van der Waals surface area contributed by atoms with Gasteiger partial charge in [-0.2, -0.15) is 0 Å². The van der Waals surface area contributed by atoms with Crippen molar-refractivity contribution in [1.29, 1.82) is 0 Å². The summed E-state index contributed by atoms with van der Waals surface area (Å²) < 4.78 is 68.1. The van der Waals surface area contributed by atoms with Crippen molar-refractivity contribution in [3.05, 3.63) is 0 Å². The molecular weight excluding hydrogens is 1130 g/mol. The lowest BCUT2D eigenvalue weighted by Gasteiger charge is -2.21. The third kappa shape index (κ3) is 60.7. The van der Waals surface area contributed by atoms with Crippen molar-refractivity contribution in [2.24, 2.45) is 23.7 Å². The van der Waals surface area contributed by atoms with E-state index in [0.717, 1.165) is 114 Å². The first kappa shape index (κ1) is 83.1. The largest absolute Gasteiger partial charge is 0.472 e. The molecule has 0 aliphatic heterocycles. The van der Waals surface area contributed by atoms with Crippen LogP contribution in [0.1, 0.15) is 319 Å². The molecule has 3 N–H and O–H groups in total. The molecular formula is C66H128O17P2. The Morgan fingerprint density at radius 3 is 0.729 bits per heavy atom. The topological polar surface area (TPSA) is 237 Å². The Balaban J connectivity index is 5.25. The SMILES string of the molecule is CC(C)CCCCCCCCCCCCC(=O)O[C@H](COC(=O)CCCCCCCCC(C)C)COP(=O)(O)OC[C@H](O)COP(=O)(O)OC[C@@H](COC(=O)CCCCCCCCCCCC(C)C)OC(=O)CCCCCCCCCCC(C)C. The summed E-state index contributed by atoms with van der Waals surface area (Å²) in [6, 6.07) is 0. The molecule has 5 atom stereocenters. The molecule has 0 aliphatic rings. The van der Waals surface area contributed by atoms with Crippen LogP contribution in [0.2, 0.25) is 0 Å². The summed E-state index contributed by atoms with van der Waals surface area (Å²) in [5.74, 6) is 0.755. The van der Waals surface area contributed by atoms with E-state index in [4.69, 9.17) is 37.0 Å². The molecule has 0 fully saturated rings. The summed E-state index contributed by atoms with van der Waals surface area (Å²) in [6.07, 6.45) is 36.4. The number of aliphatic hydroxyl groups excluding tert-OH is 1. The molecule has 0 bridgehead atoms. The maximum absolute atomic E-state index is 13.0. The predicted octanol–water partition coefficient (Wildman–Crippen LogP) is 18.1. The standard InChI is InChI=1S/C66H128O17P2/c1-56(2)42-34-26-18-12-9-10-14-22-32-40-48-65(70)82-62(53-77-64(69)47-39-31-25-24-29-37-45-59(7)8)55-81-85(74,75)79-51-60(67)50-78-84(72,73)80-54-61(83-66(71)49-41-33-23-17-16-20-28-36-44-58(5)6)52-76-63(68)46-38-30-21-15-11-13-19-27-35-43-57(3)4/h56-62,67H,9-55H2,1-8H3,(H,72,73)(H,74,75)/t60-,61-,62-/m1/s1. The number of phosphoric ester groups is 2. The lowest BCUT2D eigenvalue weighted by atomic mass is 10.0. The van der Waals surface area contributed by atoms with Crippen LogP contribution in [0.4, 0.5) is 0 Å². The summed E-state index contributed by atoms with van der Waals surface area (Å²) in [4.78, 5) is 72.3. The van der Waals surface area contributed by atoms with E-state index >= 15 is 0 Å². The van der Waals surface area contributed by atoms with E-state index in [1.54, 1.807) is 0 Å². The highest BCUT2D eigenvalue weighted by Crippen LogP contribution is 2.45. The molecule has 0 aromatic rings. The molecule has 0 aromatic carbocycles. The smallest absolute Gasteiger partial charge is 0.462 e. The zero-order valence-electron chi connectivity index (χ0n) is 55.2. The number of hydrogen-bond acceptors (Lipinski definition) is 15. The van der Waals surface area contributed by atoms with Gasteiger partial charge in [0.1, 0.15) is 19.3 Å². The maximum Gasteiger partial charge on any atom is 0.472 e. The van der Waals surface area contributed by atoms with E-state index in [0.29, 0.717) is 31.6 Å². The van der Waals surface area contributed by atoms with Gasteiger partial charge in [0.05, 0.1) is 26.4 Å². The summed E-state index contributed by atoms with van der Waals surface area (Å²) >= 11 is 0. The maximum atomic E-state index is 13.0. The summed E-state index contributed by atoms with van der Waals surface area (Å²) in [5, 5.41) is 10.5. The Morgan fingerprint density at radius 1 is 0.294 bits per heavy atom. The van der Waals surface area contributed by atoms with E-state index < -0.39 is 97.5 Å². The Labute approximate surface area is 517 Å². The number of hydrogen-bond donors (Lipinski definition) is 3. The highest BCUT2D eigenvalue weighted by molar-refractivity contribution is 7.47. The van der Waals surface area contributed by atoms with Crippen molar-refractivity contribution in [2.75, 3.05) is 39.6 Å². The summed E-state index contributed by atoms with van der Waals surface area (Å²) in [6.45, 7) is 14.0.